The molecule has 0 aliphatic carbocycles. The summed E-state index contributed by atoms with van der Waals surface area (Å²) in [5.74, 6) is -0.891. The number of amides is 2. The number of nitrogens with zero attached hydrogens (tertiary/aromatic N) is 1. The van der Waals surface area contributed by atoms with Crippen LogP contribution in [-0.4, -0.2) is 18.9 Å². The molecule has 0 bridgehead atoms. The van der Waals surface area contributed by atoms with E-state index in [1.165, 1.54) is 30.0 Å². The Balaban J connectivity index is 2.08. The van der Waals surface area contributed by atoms with E-state index in [9.17, 15) is 14.0 Å². The molecule has 120 valence electrons. The van der Waals surface area contributed by atoms with Gasteiger partial charge in [0.2, 0.25) is 11.8 Å². The monoisotopic (exact) mass is 314 g/mol. The molecule has 2 rings (SSSR count). The second kappa shape index (κ2) is 7.54. The lowest BCUT2D eigenvalue weighted by Gasteiger charge is -2.19. The minimum atomic E-state index is -0.468. The van der Waals surface area contributed by atoms with Crippen LogP contribution >= 0.6 is 0 Å². The third-order valence-electron chi connectivity index (χ3n) is 3.55. The number of benzene rings is 2. The standard InChI is InChI=1S/C18H19FN2O2/c1-13(22)21(2)17-10-9-15(19)12-16(17)20-18(23)11-8-14-6-4-3-5-7-14/h3-7,9-10,12H,8,11H2,1-2H3,(H,20,23). The van der Waals surface area contributed by atoms with Gasteiger partial charge in [-0.25, -0.2) is 4.39 Å². The van der Waals surface area contributed by atoms with Crippen molar-refractivity contribution in [3.63, 3.8) is 0 Å². The number of nitrogens with one attached hydrogen (secondary N) is 1. The van der Waals surface area contributed by atoms with Gasteiger partial charge in [-0.15, -0.1) is 0 Å². The van der Waals surface area contributed by atoms with Gasteiger partial charge in [0, 0.05) is 20.4 Å². The van der Waals surface area contributed by atoms with Crippen LogP contribution in [0.15, 0.2) is 48.5 Å². The van der Waals surface area contributed by atoms with Gasteiger partial charge in [-0.1, -0.05) is 30.3 Å². The summed E-state index contributed by atoms with van der Waals surface area (Å²) in [6.45, 7) is 1.41. The van der Waals surface area contributed by atoms with Gasteiger partial charge in [0.05, 0.1) is 11.4 Å². The van der Waals surface area contributed by atoms with Crippen LogP contribution in [0, 0.1) is 5.82 Å². The molecule has 0 unspecified atom stereocenters. The summed E-state index contributed by atoms with van der Waals surface area (Å²) < 4.78 is 13.5. The van der Waals surface area contributed by atoms with Gasteiger partial charge in [0.15, 0.2) is 0 Å². The predicted octanol–water partition coefficient (Wildman–Crippen LogP) is 3.38. The summed E-state index contributed by atoms with van der Waals surface area (Å²) in [5.41, 5.74) is 1.82. The third-order valence-corrected chi connectivity index (χ3v) is 3.55. The average molecular weight is 314 g/mol. The van der Waals surface area contributed by atoms with Crippen LogP contribution in [0.4, 0.5) is 15.8 Å². The van der Waals surface area contributed by atoms with E-state index in [-0.39, 0.29) is 18.2 Å². The van der Waals surface area contributed by atoms with Gasteiger partial charge >= 0.3 is 0 Å². The lowest BCUT2D eigenvalue weighted by Crippen LogP contribution is -2.25. The first-order valence-electron chi connectivity index (χ1n) is 7.35. The van der Waals surface area contributed by atoms with Gasteiger partial charge in [-0.05, 0) is 30.2 Å². The fraction of sp³-hybridized carbons (Fsp3) is 0.222. The van der Waals surface area contributed by atoms with Crippen molar-refractivity contribution >= 4 is 23.2 Å². The minimum Gasteiger partial charge on any atom is -0.324 e. The Labute approximate surface area is 134 Å². The fourth-order valence-corrected chi connectivity index (χ4v) is 2.19. The van der Waals surface area contributed by atoms with E-state index < -0.39 is 5.82 Å². The lowest BCUT2D eigenvalue weighted by molar-refractivity contribution is -0.117. The molecule has 0 radical (unpaired) electrons. The van der Waals surface area contributed by atoms with Crippen molar-refractivity contribution in [1.82, 2.24) is 0 Å². The molecular weight excluding hydrogens is 295 g/mol. The molecule has 0 aliphatic rings. The highest BCUT2D eigenvalue weighted by atomic mass is 19.1. The Morgan fingerprint density at radius 2 is 1.83 bits per heavy atom. The Hall–Kier alpha value is -2.69. The van der Waals surface area contributed by atoms with E-state index in [0.717, 1.165) is 5.56 Å². The molecule has 2 aromatic rings. The van der Waals surface area contributed by atoms with Gasteiger partial charge in [-0.3, -0.25) is 9.59 Å². The summed E-state index contributed by atoms with van der Waals surface area (Å²) >= 11 is 0. The summed E-state index contributed by atoms with van der Waals surface area (Å²) in [6.07, 6.45) is 0.879. The molecule has 1 N–H and O–H groups in total. The van der Waals surface area contributed by atoms with Crippen LogP contribution in [0.3, 0.4) is 0 Å². The van der Waals surface area contributed by atoms with Crippen molar-refractivity contribution in [2.75, 3.05) is 17.3 Å². The minimum absolute atomic E-state index is 0.198. The number of carbonyl (C=O) groups is 2. The molecule has 0 fully saturated rings. The molecule has 0 saturated carbocycles. The largest absolute Gasteiger partial charge is 0.324 e. The maximum atomic E-state index is 13.5. The first-order chi connectivity index (χ1) is 11.0. The number of hydrogen-bond acceptors (Lipinski definition) is 2. The maximum Gasteiger partial charge on any atom is 0.224 e. The van der Waals surface area contributed by atoms with Crippen LogP contribution in [-0.2, 0) is 16.0 Å². The molecule has 0 aliphatic heterocycles. The molecular formula is C18H19FN2O2. The summed E-state index contributed by atoms with van der Waals surface area (Å²) in [4.78, 5) is 25.0. The molecule has 0 aromatic heterocycles. The zero-order chi connectivity index (χ0) is 16.8. The van der Waals surface area contributed by atoms with Gasteiger partial charge in [-0.2, -0.15) is 0 Å². The highest BCUT2D eigenvalue weighted by Crippen LogP contribution is 2.26. The van der Waals surface area contributed by atoms with Crippen molar-refractivity contribution in [3.05, 3.63) is 59.9 Å². The topological polar surface area (TPSA) is 49.4 Å². The van der Waals surface area contributed by atoms with Crippen molar-refractivity contribution in [2.24, 2.45) is 0 Å². The van der Waals surface area contributed by atoms with E-state index >= 15 is 0 Å². The van der Waals surface area contributed by atoms with E-state index in [4.69, 9.17) is 0 Å². The van der Waals surface area contributed by atoms with Crippen LogP contribution in [0.1, 0.15) is 18.9 Å². The molecule has 5 heteroatoms. The molecule has 0 heterocycles. The number of hydrogen-bond donors (Lipinski definition) is 1. The predicted molar refractivity (Wildman–Crippen MR) is 88.9 cm³/mol. The van der Waals surface area contributed by atoms with E-state index in [2.05, 4.69) is 5.32 Å². The normalized spacial score (nSPS) is 10.2. The second-order valence-electron chi connectivity index (χ2n) is 5.27. The Morgan fingerprint density at radius 3 is 2.48 bits per heavy atom. The molecule has 0 atom stereocenters. The van der Waals surface area contributed by atoms with Crippen molar-refractivity contribution in [3.8, 4) is 0 Å². The quantitative estimate of drug-likeness (QED) is 0.920. The fourth-order valence-electron chi connectivity index (χ4n) is 2.19. The molecule has 2 aromatic carbocycles. The highest BCUT2D eigenvalue weighted by molar-refractivity contribution is 5.99. The number of carbonyl (C=O) groups excluding carboxylic acids is 2. The van der Waals surface area contributed by atoms with Crippen LogP contribution < -0.4 is 10.2 Å². The smallest absolute Gasteiger partial charge is 0.224 e. The summed E-state index contributed by atoms with van der Waals surface area (Å²) in [6, 6.07) is 13.6. The second-order valence-corrected chi connectivity index (χ2v) is 5.27. The maximum absolute atomic E-state index is 13.5. The number of halogens is 1. The molecule has 0 saturated heterocycles. The lowest BCUT2D eigenvalue weighted by atomic mass is 10.1. The zero-order valence-electron chi connectivity index (χ0n) is 13.2. The van der Waals surface area contributed by atoms with E-state index in [1.54, 1.807) is 7.05 Å². The van der Waals surface area contributed by atoms with Gasteiger partial charge < -0.3 is 10.2 Å². The van der Waals surface area contributed by atoms with Gasteiger partial charge in [0.25, 0.3) is 0 Å². The van der Waals surface area contributed by atoms with Crippen molar-refractivity contribution in [1.29, 1.82) is 0 Å². The SMILES string of the molecule is CC(=O)N(C)c1ccc(F)cc1NC(=O)CCc1ccccc1. The highest BCUT2D eigenvalue weighted by Gasteiger charge is 2.14. The van der Waals surface area contributed by atoms with Crippen molar-refractivity contribution < 1.29 is 14.0 Å². The Kier molecular flexibility index (Phi) is 5.46. The van der Waals surface area contributed by atoms with Crippen LogP contribution in [0.5, 0.6) is 0 Å². The molecule has 4 nitrogen and oxygen atoms in total. The molecule has 2 amide bonds. The first kappa shape index (κ1) is 16.7. The Morgan fingerprint density at radius 1 is 1.13 bits per heavy atom. The van der Waals surface area contributed by atoms with E-state index in [0.29, 0.717) is 17.8 Å². The summed E-state index contributed by atoms with van der Waals surface area (Å²) in [5, 5.41) is 2.68. The number of aryl methyl sites for hydroxylation is 1. The Bertz CT molecular complexity index is 701. The first-order valence-corrected chi connectivity index (χ1v) is 7.35. The molecule has 23 heavy (non-hydrogen) atoms. The summed E-state index contributed by atoms with van der Waals surface area (Å²) in [7, 11) is 1.58. The third kappa shape index (κ3) is 4.64. The van der Waals surface area contributed by atoms with Crippen molar-refractivity contribution in [2.45, 2.75) is 19.8 Å². The number of anilines is 2. The number of rotatable bonds is 5. The zero-order valence-corrected chi connectivity index (χ0v) is 13.2. The van der Waals surface area contributed by atoms with Gasteiger partial charge in [0.1, 0.15) is 5.82 Å². The molecule has 0 spiro atoms. The van der Waals surface area contributed by atoms with E-state index in [1.807, 2.05) is 30.3 Å². The van der Waals surface area contributed by atoms with Crippen LogP contribution in [0.2, 0.25) is 0 Å². The van der Waals surface area contributed by atoms with Crippen LogP contribution in [0.25, 0.3) is 0 Å². The average Bonchev–Trinajstić information content (AvgIpc) is 2.53.